The number of hydrogen-bond acceptors (Lipinski definition) is 1. The molecule has 0 amide bonds. The van der Waals surface area contributed by atoms with Gasteiger partial charge in [0.05, 0.1) is 5.56 Å². The molecule has 122 valence electrons. The van der Waals surface area contributed by atoms with Crippen LogP contribution < -0.4 is 0 Å². The van der Waals surface area contributed by atoms with E-state index in [-0.39, 0.29) is 0 Å². The molecule has 0 atom stereocenters. The zero-order chi connectivity index (χ0) is 16.4. The second-order valence-corrected chi connectivity index (χ2v) is 6.16. The molecule has 1 aliphatic carbocycles. The molecule has 0 spiro atoms. The summed E-state index contributed by atoms with van der Waals surface area (Å²) in [5, 5.41) is 0. The highest BCUT2D eigenvalue weighted by molar-refractivity contribution is 5.36. The van der Waals surface area contributed by atoms with E-state index in [4.69, 9.17) is 0 Å². The molecule has 1 aromatic carbocycles. The Morgan fingerprint density at radius 2 is 1.87 bits per heavy atom. The summed E-state index contributed by atoms with van der Waals surface area (Å²) in [6.07, 6.45) is 4.96. The van der Waals surface area contributed by atoms with Crippen LogP contribution in [0.15, 0.2) is 24.4 Å². The highest BCUT2D eigenvalue weighted by atomic mass is 19.3. The lowest BCUT2D eigenvalue weighted by atomic mass is 9.89. The van der Waals surface area contributed by atoms with Gasteiger partial charge in [-0.3, -0.25) is 4.98 Å². The third kappa shape index (κ3) is 3.26. The van der Waals surface area contributed by atoms with Gasteiger partial charge in [-0.1, -0.05) is 12.1 Å². The first-order valence-electron chi connectivity index (χ1n) is 8.09. The van der Waals surface area contributed by atoms with Crippen LogP contribution in [-0.4, -0.2) is 4.98 Å². The molecule has 0 saturated carbocycles. The predicted molar refractivity (Wildman–Crippen MR) is 84.4 cm³/mol. The van der Waals surface area contributed by atoms with Crippen molar-refractivity contribution in [1.82, 2.24) is 4.98 Å². The molecule has 0 saturated heterocycles. The van der Waals surface area contributed by atoms with Gasteiger partial charge in [-0.15, -0.1) is 0 Å². The van der Waals surface area contributed by atoms with Crippen molar-refractivity contribution >= 4 is 0 Å². The van der Waals surface area contributed by atoms with Crippen LogP contribution in [0.5, 0.6) is 0 Å². The van der Waals surface area contributed by atoms with E-state index >= 15 is 0 Å². The summed E-state index contributed by atoms with van der Waals surface area (Å²) in [5.74, 6) is -0.777. The number of aryl methyl sites for hydroxylation is 3. The van der Waals surface area contributed by atoms with E-state index in [1.54, 1.807) is 13.0 Å². The molecular weight excluding hydrogens is 299 g/mol. The average molecular weight is 319 g/mol. The lowest BCUT2D eigenvalue weighted by Crippen LogP contribution is -2.09. The Bertz CT molecular complexity index is 710. The lowest BCUT2D eigenvalue weighted by Gasteiger charge is -2.18. The summed E-state index contributed by atoms with van der Waals surface area (Å²) in [6.45, 7) is 1.57. The van der Waals surface area contributed by atoms with Crippen LogP contribution in [-0.2, 0) is 25.7 Å². The first kappa shape index (κ1) is 16.0. The average Bonchev–Trinajstić information content (AvgIpc) is 2.56. The molecule has 1 aromatic heterocycles. The topological polar surface area (TPSA) is 12.9 Å². The number of hydrogen-bond donors (Lipinski definition) is 0. The van der Waals surface area contributed by atoms with Crippen molar-refractivity contribution in [2.24, 2.45) is 0 Å². The number of rotatable bonds is 4. The van der Waals surface area contributed by atoms with Crippen molar-refractivity contribution in [2.45, 2.75) is 51.9 Å². The SMILES string of the molecule is Cc1c(CCc2nccc3c2CCCC3)ccc(C(F)F)c1F. The maximum Gasteiger partial charge on any atom is 0.266 e. The number of aromatic nitrogens is 1. The van der Waals surface area contributed by atoms with Gasteiger partial charge in [0.1, 0.15) is 5.82 Å². The van der Waals surface area contributed by atoms with Crippen molar-refractivity contribution in [3.8, 4) is 0 Å². The first-order chi connectivity index (χ1) is 11.1. The summed E-state index contributed by atoms with van der Waals surface area (Å²) in [5.41, 5.74) is 4.37. The number of alkyl halides is 2. The number of benzene rings is 1. The number of fused-ring (bicyclic) bond motifs is 1. The standard InChI is InChI=1S/C19H20F3N/c1-12-13(6-8-16(18(12)20)19(21)22)7-9-17-15-5-3-2-4-14(15)10-11-23-17/h6,8,10-11,19H,2-5,7,9H2,1H3. The van der Waals surface area contributed by atoms with Gasteiger partial charge in [0.25, 0.3) is 6.43 Å². The minimum Gasteiger partial charge on any atom is -0.261 e. The van der Waals surface area contributed by atoms with E-state index in [1.165, 1.54) is 30.0 Å². The number of halogens is 3. The maximum absolute atomic E-state index is 14.0. The molecule has 1 aliphatic rings. The van der Waals surface area contributed by atoms with Crippen molar-refractivity contribution < 1.29 is 13.2 Å². The Labute approximate surface area is 134 Å². The second kappa shape index (κ2) is 6.73. The maximum atomic E-state index is 14.0. The van der Waals surface area contributed by atoms with Crippen molar-refractivity contribution in [3.05, 3.63) is 63.7 Å². The van der Waals surface area contributed by atoms with Crippen LogP contribution in [0.1, 0.15) is 52.8 Å². The van der Waals surface area contributed by atoms with Crippen LogP contribution in [0.25, 0.3) is 0 Å². The Morgan fingerprint density at radius 3 is 2.65 bits per heavy atom. The zero-order valence-electron chi connectivity index (χ0n) is 13.2. The Hall–Kier alpha value is -1.84. The van der Waals surface area contributed by atoms with Crippen LogP contribution in [0, 0.1) is 12.7 Å². The molecule has 3 rings (SSSR count). The Kier molecular flexibility index (Phi) is 4.69. The molecule has 2 aromatic rings. The minimum absolute atomic E-state index is 0.326. The van der Waals surface area contributed by atoms with Crippen LogP contribution in [0.4, 0.5) is 13.2 Å². The van der Waals surface area contributed by atoms with Gasteiger partial charge in [-0.05, 0) is 73.8 Å². The lowest BCUT2D eigenvalue weighted by molar-refractivity contribution is 0.146. The molecule has 0 radical (unpaired) electrons. The molecule has 0 fully saturated rings. The molecule has 4 heteroatoms. The fourth-order valence-electron chi connectivity index (χ4n) is 3.39. The van der Waals surface area contributed by atoms with Crippen molar-refractivity contribution in [2.75, 3.05) is 0 Å². The van der Waals surface area contributed by atoms with Gasteiger partial charge in [-0.2, -0.15) is 0 Å². The van der Waals surface area contributed by atoms with Crippen molar-refractivity contribution in [1.29, 1.82) is 0 Å². The largest absolute Gasteiger partial charge is 0.266 e. The molecule has 1 heterocycles. The van der Waals surface area contributed by atoms with Gasteiger partial charge in [0, 0.05) is 11.9 Å². The number of nitrogens with zero attached hydrogens (tertiary/aromatic N) is 1. The van der Waals surface area contributed by atoms with Gasteiger partial charge in [0.2, 0.25) is 0 Å². The summed E-state index contributed by atoms with van der Waals surface area (Å²) >= 11 is 0. The third-order valence-corrected chi connectivity index (χ3v) is 4.76. The summed E-state index contributed by atoms with van der Waals surface area (Å²) in [7, 11) is 0. The van der Waals surface area contributed by atoms with Gasteiger partial charge in [0.15, 0.2) is 0 Å². The Balaban J connectivity index is 1.81. The van der Waals surface area contributed by atoms with Crippen molar-refractivity contribution in [3.63, 3.8) is 0 Å². The molecular formula is C19H20F3N. The summed E-state index contributed by atoms with van der Waals surface area (Å²) in [6, 6.07) is 4.91. The molecule has 0 aliphatic heterocycles. The molecule has 0 N–H and O–H groups in total. The first-order valence-corrected chi connectivity index (χ1v) is 8.09. The van der Waals surface area contributed by atoms with E-state index in [0.29, 0.717) is 12.0 Å². The smallest absolute Gasteiger partial charge is 0.261 e. The van der Waals surface area contributed by atoms with E-state index in [0.717, 1.165) is 30.5 Å². The van der Waals surface area contributed by atoms with E-state index in [2.05, 4.69) is 11.1 Å². The van der Waals surface area contributed by atoms with Gasteiger partial charge >= 0.3 is 0 Å². The molecule has 23 heavy (non-hydrogen) atoms. The molecule has 0 unspecified atom stereocenters. The highest BCUT2D eigenvalue weighted by Crippen LogP contribution is 2.28. The predicted octanol–water partition coefficient (Wildman–Crippen LogP) is 5.13. The second-order valence-electron chi connectivity index (χ2n) is 6.16. The third-order valence-electron chi connectivity index (χ3n) is 4.76. The van der Waals surface area contributed by atoms with Gasteiger partial charge < -0.3 is 0 Å². The highest BCUT2D eigenvalue weighted by Gasteiger charge is 2.18. The minimum atomic E-state index is -2.77. The van der Waals surface area contributed by atoms with E-state index in [1.807, 2.05) is 6.20 Å². The molecule has 0 bridgehead atoms. The van der Waals surface area contributed by atoms with Crippen LogP contribution in [0.3, 0.4) is 0 Å². The normalized spacial score (nSPS) is 14.1. The summed E-state index contributed by atoms with van der Waals surface area (Å²) in [4.78, 5) is 4.49. The summed E-state index contributed by atoms with van der Waals surface area (Å²) < 4.78 is 39.5. The van der Waals surface area contributed by atoms with Crippen LogP contribution >= 0.6 is 0 Å². The van der Waals surface area contributed by atoms with Gasteiger partial charge in [-0.25, -0.2) is 13.2 Å². The monoisotopic (exact) mass is 319 g/mol. The Morgan fingerprint density at radius 1 is 1.09 bits per heavy atom. The fourth-order valence-corrected chi connectivity index (χ4v) is 3.39. The fraction of sp³-hybridized carbons (Fsp3) is 0.421. The van der Waals surface area contributed by atoms with E-state index < -0.39 is 17.8 Å². The molecule has 1 nitrogen and oxygen atoms in total. The van der Waals surface area contributed by atoms with Crippen LogP contribution in [0.2, 0.25) is 0 Å². The zero-order valence-corrected chi connectivity index (χ0v) is 13.2. The number of pyridine rings is 1. The quantitative estimate of drug-likeness (QED) is 0.761. The van der Waals surface area contributed by atoms with E-state index in [9.17, 15) is 13.2 Å².